The number of hydrogen-bond donors (Lipinski definition) is 0. The molecule has 0 fully saturated rings. The van der Waals surface area contributed by atoms with E-state index in [1.807, 2.05) is 53.9 Å². The van der Waals surface area contributed by atoms with Crippen LogP contribution in [0.4, 0.5) is 0 Å². The molecule has 0 radical (unpaired) electrons. The molecule has 0 bridgehead atoms. The van der Waals surface area contributed by atoms with Gasteiger partial charge in [0, 0.05) is 21.2 Å². The Balaban J connectivity index is 1.71. The molecule has 0 N–H and O–H groups in total. The van der Waals surface area contributed by atoms with Crippen LogP contribution in [0.3, 0.4) is 0 Å². The number of carbonyl (C=O) groups is 1. The second kappa shape index (κ2) is 6.39. The molecule has 4 aromatic rings. The van der Waals surface area contributed by atoms with E-state index in [0.717, 1.165) is 16.3 Å². The number of hydrogen-bond acceptors (Lipinski definition) is 4. The van der Waals surface area contributed by atoms with Crippen molar-refractivity contribution in [3.63, 3.8) is 0 Å². The van der Waals surface area contributed by atoms with Crippen LogP contribution in [-0.2, 0) is 11.2 Å². The molecule has 4 rings (SSSR count). The number of fused-ring (bicyclic) bond motifs is 3. The Hall–Kier alpha value is -3.16. The van der Waals surface area contributed by atoms with E-state index in [2.05, 4.69) is 11.8 Å². The van der Waals surface area contributed by atoms with E-state index in [-0.39, 0.29) is 12.2 Å². The summed E-state index contributed by atoms with van der Waals surface area (Å²) in [6.07, 6.45) is 0.108. The van der Waals surface area contributed by atoms with Crippen LogP contribution in [0.2, 0.25) is 0 Å². The minimum absolute atomic E-state index is 0.108. The maximum absolute atomic E-state index is 12.3. The molecule has 0 unspecified atom stereocenters. The van der Waals surface area contributed by atoms with Crippen molar-refractivity contribution in [2.45, 2.75) is 6.42 Å². The van der Waals surface area contributed by atoms with Gasteiger partial charge in [-0.05, 0) is 29.5 Å². The van der Waals surface area contributed by atoms with Gasteiger partial charge in [0.15, 0.2) is 0 Å². The normalized spacial score (nSPS) is 10.6. The SMILES string of the molecule is O=C(C#Cc1ccccc1)Cc1scc2c1c(=O)oc1ccccc12. The molecule has 0 aliphatic heterocycles. The van der Waals surface area contributed by atoms with Gasteiger partial charge >= 0.3 is 5.63 Å². The molecule has 2 heterocycles. The van der Waals surface area contributed by atoms with Crippen molar-refractivity contribution in [2.75, 3.05) is 0 Å². The second-order valence-electron chi connectivity index (χ2n) is 5.55. The third-order valence-corrected chi connectivity index (χ3v) is 4.88. The number of carbonyl (C=O) groups excluding carboxylic acids is 1. The van der Waals surface area contributed by atoms with Crippen molar-refractivity contribution >= 4 is 38.9 Å². The molecule has 0 atom stereocenters. The summed E-state index contributed by atoms with van der Waals surface area (Å²) in [5.74, 6) is 5.27. The zero-order valence-electron chi connectivity index (χ0n) is 13.1. The number of thiophene rings is 1. The summed E-state index contributed by atoms with van der Waals surface area (Å²) >= 11 is 1.39. The Morgan fingerprint density at radius 3 is 2.60 bits per heavy atom. The summed E-state index contributed by atoms with van der Waals surface area (Å²) < 4.78 is 5.39. The third-order valence-electron chi connectivity index (χ3n) is 3.89. The number of ketones is 1. The summed E-state index contributed by atoms with van der Waals surface area (Å²) in [6.45, 7) is 0. The van der Waals surface area contributed by atoms with Gasteiger partial charge in [-0.25, -0.2) is 4.79 Å². The highest BCUT2D eigenvalue weighted by molar-refractivity contribution is 7.11. The van der Waals surface area contributed by atoms with E-state index in [0.29, 0.717) is 15.8 Å². The van der Waals surface area contributed by atoms with Crippen LogP contribution in [0.25, 0.3) is 21.7 Å². The minimum atomic E-state index is -0.409. The molecule has 25 heavy (non-hydrogen) atoms. The average molecular weight is 344 g/mol. The highest BCUT2D eigenvalue weighted by Gasteiger charge is 2.15. The first-order valence-electron chi connectivity index (χ1n) is 7.74. The van der Waals surface area contributed by atoms with Crippen LogP contribution in [0.5, 0.6) is 0 Å². The van der Waals surface area contributed by atoms with Crippen LogP contribution in [-0.4, -0.2) is 5.78 Å². The fraction of sp³-hybridized carbons (Fsp3) is 0.0476. The standard InChI is InChI=1S/C21H12O3S/c22-15(11-10-14-6-2-1-3-7-14)12-19-20-17(13-25-19)16-8-4-5-9-18(16)24-21(20)23/h1-9,13H,12H2. The quantitative estimate of drug-likeness (QED) is 0.405. The summed E-state index contributed by atoms with van der Waals surface area (Å²) in [4.78, 5) is 25.2. The van der Waals surface area contributed by atoms with Gasteiger partial charge in [-0.15, -0.1) is 11.3 Å². The summed E-state index contributed by atoms with van der Waals surface area (Å²) in [5, 5.41) is 4.10. The Morgan fingerprint density at radius 1 is 1.00 bits per heavy atom. The molecule has 2 aromatic carbocycles. The second-order valence-corrected chi connectivity index (χ2v) is 6.51. The predicted octanol–water partition coefficient (Wildman–Crippen LogP) is 4.17. The molecule has 0 saturated carbocycles. The average Bonchev–Trinajstić information content (AvgIpc) is 3.05. The summed E-state index contributed by atoms with van der Waals surface area (Å²) in [5.41, 5.74) is 0.936. The molecule has 0 saturated heterocycles. The van der Waals surface area contributed by atoms with Crippen LogP contribution < -0.4 is 5.63 Å². The zero-order valence-corrected chi connectivity index (χ0v) is 13.9. The van der Waals surface area contributed by atoms with Crippen LogP contribution >= 0.6 is 11.3 Å². The first-order chi connectivity index (χ1) is 12.2. The molecule has 0 aliphatic rings. The van der Waals surface area contributed by atoms with Crippen LogP contribution in [0, 0.1) is 11.8 Å². The highest BCUT2D eigenvalue weighted by Crippen LogP contribution is 2.29. The Bertz CT molecular complexity index is 1200. The third kappa shape index (κ3) is 2.98. The zero-order chi connectivity index (χ0) is 17.2. The number of benzene rings is 2. The molecular formula is C21H12O3S. The van der Waals surface area contributed by atoms with Crippen molar-refractivity contribution in [2.24, 2.45) is 0 Å². The van der Waals surface area contributed by atoms with Gasteiger partial charge in [0.25, 0.3) is 0 Å². The molecule has 3 nitrogen and oxygen atoms in total. The number of Topliss-reactive ketones (excluding diaryl/α,β-unsaturated/α-hetero) is 1. The van der Waals surface area contributed by atoms with E-state index in [4.69, 9.17) is 4.42 Å². The van der Waals surface area contributed by atoms with E-state index in [1.54, 1.807) is 6.07 Å². The lowest BCUT2D eigenvalue weighted by Crippen LogP contribution is -2.04. The lowest BCUT2D eigenvalue weighted by Gasteiger charge is -1.98. The molecule has 120 valence electrons. The molecule has 4 heteroatoms. The van der Waals surface area contributed by atoms with Crippen molar-refractivity contribution in [1.29, 1.82) is 0 Å². The minimum Gasteiger partial charge on any atom is -0.422 e. The first kappa shape index (κ1) is 15.4. The lowest BCUT2D eigenvalue weighted by molar-refractivity contribution is -0.113. The van der Waals surface area contributed by atoms with Gasteiger partial charge < -0.3 is 4.42 Å². The van der Waals surface area contributed by atoms with Crippen molar-refractivity contribution < 1.29 is 9.21 Å². The Labute approximate surface area is 147 Å². The van der Waals surface area contributed by atoms with Gasteiger partial charge in [0.2, 0.25) is 5.78 Å². The lowest BCUT2D eigenvalue weighted by atomic mass is 10.1. The van der Waals surface area contributed by atoms with E-state index in [9.17, 15) is 9.59 Å². The van der Waals surface area contributed by atoms with Crippen molar-refractivity contribution in [3.8, 4) is 11.8 Å². The number of rotatable bonds is 2. The molecule has 2 aromatic heterocycles. The van der Waals surface area contributed by atoms with Gasteiger partial charge in [-0.3, -0.25) is 4.79 Å². The molecule has 0 amide bonds. The highest BCUT2D eigenvalue weighted by atomic mass is 32.1. The molecule has 0 spiro atoms. The van der Waals surface area contributed by atoms with E-state index in [1.165, 1.54) is 11.3 Å². The van der Waals surface area contributed by atoms with E-state index < -0.39 is 5.63 Å². The predicted molar refractivity (Wildman–Crippen MR) is 99.9 cm³/mol. The Morgan fingerprint density at radius 2 is 1.76 bits per heavy atom. The topological polar surface area (TPSA) is 47.3 Å². The fourth-order valence-corrected chi connectivity index (χ4v) is 3.76. The largest absolute Gasteiger partial charge is 0.422 e. The first-order valence-corrected chi connectivity index (χ1v) is 8.62. The van der Waals surface area contributed by atoms with Gasteiger partial charge in [-0.2, -0.15) is 0 Å². The van der Waals surface area contributed by atoms with Gasteiger partial charge in [0.05, 0.1) is 11.8 Å². The molecular weight excluding hydrogens is 332 g/mol. The summed E-state index contributed by atoms with van der Waals surface area (Å²) in [6, 6.07) is 16.7. The van der Waals surface area contributed by atoms with Gasteiger partial charge in [-0.1, -0.05) is 42.3 Å². The monoisotopic (exact) mass is 344 g/mol. The van der Waals surface area contributed by atoms with Crippen LogP contribution in [0.15, 0.2) is 69.2 Å². The van der Waals surface area contributed by atoms with Crippen molar-refractivity contribution in [1.82, 2.24) is 0 Å². The fourth-order valence-electron chi connectivity index (χ4n) is 2.73. The van der Waals surface area contributed by atoms with Gasteiger partial charge in [0.1, 0.15) is 5.58 Å². The van der Waals surface area contributed by atoms with E-state index >= 15 is 0 Å². The van der Waals surface area contributed by atoms with Crippen LogP contribution in [0.1, 0.15) is 10.4 Å². The smallest absolute Gasteiger partial charge is 0.345 e. The number of para-hydroxylation sites is 1. The Kier molecular flexibility index (Phi) is 3.93. The molecule has 0 aliphatic carbocycles. The summed E-state index contributed by atoms with van der Waals surface area (Å²) in [7, 11) is 0. The maximum Gasteiger partial charge on any atom is 0.345 e. The van der Waals surface area contributed by atoms with Crippen molar-refractivity contribution in [3.05, 3.63) is 80.8 Å². The maximum atomic E-state index is 12.3.